The third-order valence-electron chi connectivity index (χ3n) is 6.41. The summed E-state index contributed by atoms with van der Waals surface area (Å²) in [5, 5.41) is 3.21. The number of halogens is 1. The Kier molecular flexibility index (Phi) is 7.68. The second-order valence-corrected chi connectivity index (χ2v) is 8.88. The lowest BCUT2D eigenvalue weighted by atomic mass is 9.93. The van der Waals surface area contributed by atoms with E-state index in [1.165, 1.54) is 18.6 Å². The van der Waals surface area contributed by atoms with Gasteiger partial charge in [-0.1, -0.05) is 61.7 Å². The lowest BCUT2D eigenvalue weighted by molar-refractivity contribution is -0.127. The fraction of sp³-hybridized carbons (Fsp3) is 0.321. The maximum atomic E-state index is 13.8. The quantitative estimate of drug-likeness (QED) is 0.517. The summed E-state index contributed by atoms with van der Waals surface area (Å²) in [5.74, 6) is -0.901. The van der Waals surface area contributed by atoms with Crippen molar-refractivity contribution in [1.29, 1.82) is 0 Å². The molecule has 1 atom stereocenters. The van der Waals surface area contributed by atoms with Crippen LogP contribution in [-0.4, -0.2) is 27.7 Å². The first-order chi connectivity index (χ1) is 16.5. The van der Waals surface area contributed by atoms with E-state index in [2.05, 4.69) is 10.3 Å². The summed E-state index contributed by atoms with van der Waals surface area (Å²) in [7, 11) is 0. The highest BCUT2D eigenvalue weighted by Crippen LogP contribution is 2.29. The average molecular weight is 460 g/mol. The van der Waals surface area contributed by atoms with Crippen molar-refractivity contribution in [3.63, 3.8) is 0 Å². The third kappa shape index (κ3) is 5.68. The number of aromatic nitrogens is 1. The van der Waals surface area contributed by atoms with Gasteiger partial charge in [-0.2, -0.15) is 0 Å². The van der Waals surface area contributed by atoms with E-state index in [0.717, 1.165) is 42.4 Å². The zero-order valence-electron chi connectivity index (χ0n) is 19.4. The van der Waals surface area contributed by atoms with Crippen molar-refractivity contribution in [2.24, 2.45) is 0 Å². The summed E-state index contributed by atoms with van der Waals surface area (Å²) in [4.78, 5) is 33.3. The van der Waals surface area contributed by atoms with Crippen LogP contribution in [0, 0.1) is 12.7 Å². The molecule has 1 heterocycles. The number of pyridine rings is 1. The molecular formula is C28H30FN3O2. The number of rotatable bonds is 7. The lowest BCUT2D eigenvalue weighted by Crippen LogP contribution is -2.47. The third-order valence-corrected chi connectivity index (χ3v) is 6.41. The van der Waals surface area contributed by atoms with Gasteiger partial charge in [0.15, 0.2) is 0 Å². The normalized spacial score (nSPS) is 14.9. The number of hydrogen-bond acceptors (Lipinski definition) is 3. The van der Waals surface area contributed by atoms with E-state index < -0.39 is 6.04 Å². The zero-order valence-corrected chi connectivity index (χ0v) is 19.4. The van der Waals surface area contributed by atoms with Crippen molar-refractivity contribution in [3.8, 4) is 0 Å². The Hall–Kier alpha value is -3.54. The molecule has 176 valence electrons. The molecule has 1 aliphatic carbocycles. The molecule has 5 nitrogen and oxygen atoms in total. The van der Waals surface area contributed by atoms with Gasteiger partial charge in [-0.25, -0.2) is 4.39 Å². The molecule has 0 bridgehead atoms. The molecular weight excluding hydrogens is 429 g/mol. The molecule has 1 N–H and O–H groups in total. The van der Waals surface area contributed by atoms with Gasteiger partial charge in [0.25, 0.3) is 5.91 Å². The largest absolute Gasteiger partial charge is 0.351 e. The molecule has 0 aliphatic heterocycles. The lowest BCUT2D eigenvalue weighted by Gasteiger charge is -2.34. The van der Waals surface area contributed by atoms with Crippen molar-refractivity contribution < 1.29 is 14.0 Å². The van der Waals surface area contributed by atoms with Crippen LogP contribution in [0.4, 0.5) is 4.39 Å². The molecule has 34 heavy (non-hydrogen) atoms. The van der Waals surface area contributed by atoms with Crippen LogP contribution in [0.5, 0.6) is 0 Å². The Bertz CT molecular complexity index is 1110. The summed E-state index contributed by atoms with van der Waals surface area (Å²) in [6.45, 7) is 2.09. The van der Waals surface area contributed by atoms with E-state index in [-0.39, 0.29) is 35.9 Å². The van der Waals surface area contributed by atoms with Crippen LogP contribution < -0.4 is 5.32 Å². The molecule has 2 aromatic carbocycles. The van der Waals surface area contributed by atoms with Crippen LogP contribution in [0.1, 0.15) is 65.3 Å². The van der Waals surface area contributed by atoms with Gasteiger partial charge in [0.05, 0.1) is 0 Å². The number of amides is 2. The molecule has 1 aliphatic rings. The van der Waals surface area contributed by atoms with Gasteiger partial charge in [-0.3, -0.25) is 14.6 Å². The van der Waals surface area contributed by atoms with Crippen LogP contribution in [0.15, 0.2) is 72.9 Å². The molecule has 1 aromatic heterocycles. The van der Waals surface area contributed by atoms with E-state index in [0.29, 0.717) is 0 Å². The van der Waals surface area contributed by atoms with Crippen LogP contribution in [0.3, 0.4) is 0 Å². The second-order valence-electron chi connectivity index (χ2n) is 8.88. The van der Waals surface area contributed by atoms with Crippen molar-refractivity contribution in [2.75, 3.05) is 0 Å². The second kappa shape index (κ2) is 11.1. The van der Waals surface area contributed by atoms with Crippen LogP contribution in [0.25, 0.3) is 0 Å². The molecule has 0 spiro atoms. The Morgan fingerprint density at radius 2 is 1.71 bits per heavy atom. The standard InChI is InChI=1S/C28H30FN3O2/c1-20-9-5-6-12-24(20)26(27(33)31-23-10-3-2-4-11-23)32(19-21-14-16-22(29)17-15-21)28(34)25-13-7-8-18-30-25/h5-9,12-18,23,26H,2-4,10-11,19H2,1H3,(H,31,33)/t26-/m1/s1. The predicted octanol–water partition coefficient (Wildman–Crippen LogP) is 5.36. The van der Waals surface area contributed by atoms with E-state index >= 15 is 0 Å². The SMILES string of the molecule is Cc1ccccc1[C@H](C(=O)NC1CCCCC1)N(Cc1ccc(F)cc1)C(=O)c1ccccn1. The molecule has 1 saturated carbocycles. The molecule has 0 unspecified atom stereocenters. The van der Waals surface area contributed by atoms with Crippen molar-refractivity contribution in [3.05, 3.63) is 101 Å². The molecule has 4 rings (SSSR count). The molecule has 0 radical (unpaired) electrons. The molecule has 6 heteroatoms. The summed E-state index contributed by atoms with van der Waals surface area (Å²) >= 11 is 0. The van der Waals surface area contributed by atoms with Gasteiger partial charge in [-0.05, 0) is 60.7 Å². The first kappa shape index (κ1) is 23.6. The highest BCUT2D eigenvalue weighted by atomic mass is 19.1. The average Bonchev–Trinajstić information content (AvgIpc) is 2.86. The number of nitrogens with zero attached hydrogens (tertiary/aromatic N) is 2. The van der Waals surface area contributed by atoms with E-state index in [1.807, 2.05) is 31.2 Å². The van der Waals surface area contributed by atoms with E-state index in [9.17, 15) is 14.0 Å². The maximum absolute atomic E-state index is 13.8. The Morgan fingerprint density at radius 1 is 1.00 bits per heavy atom. The Morgan fingerprint density at radius 3 is 2.38 bits per heavy atom. The fourth-order valence-electron chi connectivity index (χ4n) is 4.57. The molecule has 3 aromatic rings. The maximum Gasteiger partial charge on any atom is 0.273 e. The number of hydrogen-bond donors (Lipinski definition) is 1. The predicted molar refractivity (Wildman–Crippen MR) is 129 cm³/mol. The van der Waals surface area contributed by atoms with Gasteiger partial charge in [0, 0.05) is 18.8 Å². The van der Waals surface area contributed by atoms with Crippen molar-refractivity contribution >= 4 is 11.8 Å². The van der Waals surface area contributed by atoms with Gasteiger partial charge < -0.3 is 10.2 Å². The molecule has 0 saturated heterocycles. The summed E-state index contributed by atoms with van der Waals surface area (Å²) < 4.78 is 13.6. The number of carbonyl (C=O) groups is 2. The number of benzene rings is 2. The van der Waals surface area contributed by atoms with E-state index in [4.69, 9.17) is 0 Å². The minimum Gasteiger partial charge on any atom is -0.351 e. The Labute approximate surface area is 200 Å². The van der Waals surface area contributed by atoms with Crippen LogP contribution >= 0.6 is 0 Å². The zero-order chi connectivity index (χ0) is 23.9. The van der Waals surface area contributed by atoms with Gasteiger partial charge in [0.2, 0.25) is 5.91 Å². The van der Waals surface area contributed by atoms with Crippen molar-refractivity contribution in [1.82, 2.24) is 15.2 Å². The summed E-state index contributed by atoms with van der Waals surface area (Å²) in [6.07, 6.45) is 6.81. The Balaban J connectivity index is 1.75. The van der Waals surface area contributed by atoms with Crippen LogP contribution in [0.2, 0.25) is 0 Å². The van der Waals surface area contributed by atoms with Gasteiger partial charge in [0.1, 0.15) is 17.6 Å². The highest BCUT2D eigenvalue weighted by molar-refractivity contribution is 5.96. The van der Waals surface area contributed by atoms with Crippen LogP contribution in [-0.2, 0) is 11.3 Å². The summed E-state index contributed by atoms with van der Waals surface area (Å²) in [6, 6.07) is 18.0. The topological polar surface area (TPSA) is 62.3 Å². The number of aryl methyl sites for hydroxylation is 1. The van der Waals surface area contributed by atoms with E-state index in [1.54, 1.807) is 41.4 Å². The number of carbonyl (C=O) groups excluding carboxylic acids is 2. The minimum absolute atomic E-state index is 0.102. The first-order valence-corrected chi connectivity index (χ1v) is 11.9. The molecule has 2 amide bonds. The smallest absolute Gasteiger partial charge is 0.273 e. The highest BCUT2D eigenvalue weighted by Gasteiger charge is 2.34. The fourth-order valence-corrected chi connectivity index (χ4v) is 4.57. The monoisotopic (exact) mass is 459 g/mol. The van der Waals surface area contributed by atoms with Crippen molar-refractivity contribution in [2.45, 2.75) is 57.7 Å². The van der Waals surface area contributed by atoms with Gasteiger partial charge in [-0.15, -0.1) is 0 Å². The van der Waals surface area contributed by atoms with Gasteiger partial charge >= 0.3 is 0 Å². The molecule has 1 fully saturated rings. The minimum atomic E-state index is -0.845. The number of nitrogens with one attached hydrogen (secondary N) is 1. The summed E-state index contributed by atoms with van der Waals surface area (Å²) in [5.41, 5.74) is 2.68. The first-order valence-electron chi connectivity index (χ1n) is 11.9.